The van der Waals surface area contributed by atoms with E-state index in [0.717, 1.165) is 18.7 Å². The molecule has 2 N–H and O–H groups in total. The van der Waals surface area contributed by atoms with E-state index in [1.54, 1.807) is 0 Å². The number of sulfonamides is 1. The van der Waals surface area contributed by atoms with Crippen LogP contribution in [0.15, 0.2) is 17.0 Å². The van der Waals surface area contributed by atoms with Crippen molar-refractivity contribution >= 4 is 15.7 Å². The van der Waals surface area contributed by atoms with Crippen molar-refractivity contribution in [2.45, 2.75) is 24.8 Å². The normalized spacial score (nSPS) is 21.6. The summed E-state index contributed by atoms with van der Waals surface area (Å²) in [6.07, 6.45) is 0. The molecule has 0 saturated carbocycles. The Labute approximate surface area is 123 Å². The van der Waals surface area contributed by atoms with E-state index in [2.05, 4.69) is 4.90 Å². The molecule has 21 heavy (non-hydrogen) atoms. The van der Waals surface area contributed by atoms with Gasteiger partial charge in [0.25, 0.3) is 0 Å². The van der Waals surface area contributed by atoms with Gasteiger partial charge in [-0.1, -0.05) is 6.92 Å². The maximum absolute atomic E-state index is 14.0. The summed E-state index contributed by atoms with van der Waals surface area (Å²) < 4.78 is 53.4. The van der Waals surface area contributed by atoms with E-state index >= 15 is 0 Å². The van der Waals surface area contributed by atoms with Crippen molar-refractivity contribution in [3.8, 4) is 0 Å². The smallest absolute Gasteiger partial charge is 0.246 e. The molecule has 0 aliphatic carbocycles. The molecule has 0 radical (unpaired) electrons. The van der Waals surface area contributed by atoms with Crippen molar-refractivity contribution in [3.05, 3.63) is 23.8 Å². The van der Waals surface area contributed by atoms with Gasteiger partial charge in [-0.25, -0.2) is 17.2 Å². The van der Waals surface area contributed by atoms with Gasteiger partial charge >= 0.3 is 0 Å². The molecule has 8 heteroatoms. The molecular weight excluding hydrogens is 300 g/mol. The summed E-state index contributed by atoms with van der Waals surface area (Å²) in [7, 11) is -4.01. The van der Waals surface area contributed by atoms with Crippen LogP contribution in [0.25, 0.3) is 0 Å². The summed E-state index contributed by atoms with van der Waals surface area (Å²) in [5.74, 6) is -2.18. The fourth-order valence-corrected chi connectivity index (χ4v) is 4.13. The number of nitrogens with two attached hydrogens (primary N) is 1. The van der Waals surface area contributed by atoms with Gasteiger partial charge in [-0.15, -0.1) is 0 Å². The van der Waals surface area contributed by atoms with Crippen molar-refractivity contribution in [2.24, 2.45) is 0 Å². The van der Waals surface area contributed by atoms with Gasteiger partial charge in [0.1, 0.15) is 16.4 Å². The molecule has 1 fully saturated rings. The lowest BCUT2D eigenvalue weighted by molar-refractivity contribution is 0.135. The first-order valence-electron chi connectivity index (χ1n) is 6.76. The average molecular weight is 319 g/mol. The molecule has 1 atom stereocenters. The monoisotopic (exact) mass is 319 g/mol. The zero-order valence-corrected chi connectivity index (χ0v) is 12.8. The molecule has 2 rings (SSSR count). The predicted octanol–water partition coefficient (Wildman–Crippen LogP) is 1.26. The number of piperazine rings is 1. The molecule has 1 unspecified atom stereocenters. The quantitative estimate of drug-likeness (QED) is 0.852. The average Bonchev–Trinajstić information content (AvgIpc) is 2.44. The van der Waals surface area contributed by atoms with Gasteiger partial charge in [0.15, 0.2) is 5.82 Å². The Morgan fingerprint density at radius 2 is 2.00 bits per heavy atom. The van der Waals surface area contributed by atoms with Gasteiger partial charge in [-0.3, -0.25) is 4.90 Å². The van der Waals surface area contributed by atoms with Gasteiger partial charge in [0, 0.05) is 25.7 Å². The highest BCUT2D eigenvalue weighted by molar-refractivity contribution is 7.89. The van der Waals surface area contributed by atoms with Crippen molar-refractivity contribution in [1.29, 1.82) is 0 Å². The highest BCUT2D eigenvalue weighted by Crippen LogP contribution is 2.26. The van der Waals surface area contributed by atoms with Crippen molar-refractivity contribution in [3.63, 3.8) is 0 Å². The van der Waals surface area contributed by atoms with Gasteiger partial charge in [-0.05, 0) is 25.6 Å². The van der Waals surface area contributed by atoms with Gasteiger partial charge in [-0.2, -0.15) is 4.31 Å². The minimum atomic E-state index is -4.01. The molecule has 0 amide bonds. The number of rotatable bonds is 3. The molecule has 1 aromatic rings. The maximum atomic E-state index is 14.0. The van der Waals surface area contributed by atoms with E-state index in [1.807, 2.05) is 13.8 Å². The fourth-order valence-electron chi connectivity index (χ4n) is 2.54. The first-order valence-corrected chi connectivity index (χ1v) is 8.20. The SMILES string of the molecule is CCN1CCN(S(=O)(=O)c2ccc(F)c(N)c2F)CC1C. The van der Waals surface area contributed by atoms with Gasteiger partial charge in [0.2, 0.25) is 10.0 Å². The molecule has 0 bridgehead atoms. The molecule has 5 nitrogen and oxygen atoms in total. The van der Waals surface area contributed by atoms with Gasteiger partial charge < -0.3 is 5.73 Å². The maximum Gasteiger partial charge on any atom is 0.246 e. The van der Waals surface area contributed by atoms with E-state index in [0.29, 0.717) is 6.54 Å². The van der Waals surface area contributed by atoms with Crippen LogP contribution in [0, 0.1) is 11.6 Å². The lowest BCUT2D eigenvalue weighted by Gasteiger charge is -2.38. The molecule has 1 aliphatic heterocycles. The number of hydrogen-bond donors (Lipinski definition) is 1. The molecule has 0 spiro atoms. The number of nitrogen functional groups attached to an aromatic ring is 1. The van der Waals surface area contributed by atoms with Crippen molar-refractivity contribution < 1.29 is 17.2 Å². The van der Waals surface area contributed by atoms with Crippen LogP contribution in [-0.4, -0.2) is 49.8 Å². The third-order valence-electron chi connectivity index (χ3n) is 3.84. The number of anilines is 1. The second-order valence-electron chi connectivity index (χ2n) is 5.11. The Kier molecular flexibility index (Phi) is 4.50. The van der Waals surface area contributed by atoms with E-state index in [4.69, 9.17) is 5.73 Å². The Morgan fingerprint density at radius 3 is 2.57 bits per heavy atom. The van der Waals surface area contributed by atoms with Crippen LogP contribution < -0.4 is 5.73 Å². The molecule has 1 aromatic carbocycles. The highest BCUT2D eigenvalue weighted by atomic mass is 32.2. The van der Waals surface area contributed by atoms with Gasteiger partial charge in [0.05, 0.1) is 0 Å². The number of hydrogen-bond acceptors (Lipinski definition) is 4. The van der Waals surface area contributed by atoms with E-state index in [1.165, 1.54) is 4.31 Å². The minimum Gasteiger partial charge on any atom is -0.394 e. The summed E-state index contributed by atoms with van der Waals surface area (Å²) >= 11 is 0. The lowest BCUT2D eigenvalue weighted by Crippen LogP contribution is -2.53. The van der Waals surface area contributed by atoms with Crippen LogP contribution >= 0.6 is 0 Å². The zero-order chi connectivity index (χ0) is 15.8. The second-order valence-corrected chi connectivity index (χ2v) is 7.02. The van der Waals surface area contributed by atoms with Crippen LogP contribution in [0.3, 0.4) is 0 Å². The third-order valence-corrected chi connectivity index (χ3v) is 5.73. The Hall–Kier alpha value is -1.25. The van der Waals surface area contributed by atoms with Crippen LogP contribution in [-0.2, 0) is 10.0 Å². The lowest BCUT2D eigenvalue weighted by atomic mass is 10.2. The first-order chi connectivity index (χ1) is 9.78. The number of halogens is 2. The molecular formula is C13H19F2N3O2S. The summed E-state index contributed by atoms with van der Waals surface area (Å²) in [6.45, 7) is 5.87. The summed E-state index contributed by atoms with van der Waals surface area (Å²) in [5, 5.41) is 0. The molecule has 1 saturated heterocycles. The van der Waals surface area contributed by atoms with E-state index in [-0.39, 0.29) is 19.1 Å². The Balaban J connectivity index is 2.34. The van der Waals surface area contributed by atoms with Crippen molar-refractivity contribution in [1.82, 2.24) is 9.21 Å². The molecule has 118 valence electrons. The van der Waals surface area contributed by atoms with E-state index < -0.39 is 32.2 Å². The number of nitrogens with zero attached hydrogens (tertiary/aromatic N) is 2. The summed E-state index contributed by atoms with van der Waals surface area (Å²) in [4.78, 5) is 1.57. The molecule has 1 heterocycles. The third kappa shape index (κ3) is 2.88. The summed E-state index contributed by atoms with van der Waals surface area (Å²) in [5.41, 5.74) is 4.47. The molecule has 1 aliphatic rings. The molecule has 0 aromatic heterocycles. The largest absolute Gasteiger partial charge is 0.394 e. The predicted molar refractivity (Wildman–Crippen MR) is 76.2 cm³/mol. The second kappa shape index (κ2) is 5.86. The number of likely N-dealkylation sites (N-methyl/N-ethyl adjacent to an activating group) is 1. The topological polar surface area (TPSA) is 66.6 Å². The number of benzene rings is 1. The fraction of sp³-hybridized carbons (Fsp3) is 0.538. The zero-order valence-electron chi connectivity index (χ0n) is 12.0. The summed E-state index contributed by atoms with van der Waals surface area (Å²) in [6, 6.07) is 1.84. The standard InChI is InChI=1S/C13H19F2N3O2S/c1-3-17-6-7-18(8-9(17)2)21(19,20)11-5-4-10(14)13(16)12(11)15/h4-5,9H,3,6-8,16H2,1-2H3. The van der Waals surface area contributed by atoms with Crippen LogP contribution in [0.4, 0.5) is 14.5 Å². The van der Waals surface area contributed by atoms with E-state index in [9.17, 15) is 17.2 Å². The van der Waals surface area contributed by atoms with Crippen LogP contribution in [0.5, 0.6) is 0 Å². The van der Waals surface area contributed by atoms with Crippen LogP contribution in [0.2, 0.25) is 0 Å². The Bertz CT molecular complexity index is 637. The van der Waals surface area contributed by atoms with Crippen LogP contribution in [0.1, 0.15) is 13.8 Å². The Morgan fingerprint density at radius 1 is 1.33 bits per heavy atom. The minimum absolute atomic E-state index is 0.0411. The van der Waals surface area contributed by atoms with Crippen molar-refractivity contribution in [2.75, 3.05) is 31.9 Å². The first kappa shape index (κ1) is 16.1. The highest BCUT2D eigenvalue weighted by Gasteiger charge is 2.34.